The molecule has 0 aliphatic carbocycles. The normalized spacial score (nSPS) is 10.9. The van der Waals surface area contributed by atoms with Gasteiger partial charge in [-0.05, 0) is 30.7 Å². The van der Waals surface area contributed by atoms with Crippen molar-refractivity contribution in [2.45, 2.75) is 13.0 Å². The van der Waals surface area contributed by atoms with Gasteiger partial charge in [-0.15, -0.1) is 0 Å². The number of hydrogen-bond acceptors (Lipinski definition) is 3. The maximum absolute atomic E-state index is 11.9. The third-order valence-electron chi connectivity index (χ3n) is 3.29. The van der Waals surface area contributed by atoms with Gasteiger partial charge in [0.15, 0.2) is 0 Å². The average molecular weight is 284 g/mol. The van der Waals surface area contributed by atoms with E-state index in [0.29, 0.717) is 25.3 Å². The van der Waals surface area contributed by atoms with Crippen LogP contribution in [0.15, 0.2) is 53.3 Å². The van der Waals surface area contributed by atoms with Crippen molar-refractivity contribution in [1.29, 1.82) is 0 Å². The van der Waals surface area contributed by atoms with Gasteiger partial charge in [0.2, 0.25) is 0 Å². The Balaban J connectivity index is 1.62. The minimum atomic E-state index is -0.103. The predicted molar refractivity (Wildman–Crippen MR) is 80.8 cm³/mol. The molecule has 5 heteroatoms. The molecule has 0 spiro atoms. The number of rotatable bonds is 5. The van der Waals surface area contributed by atoms with E-state index in [2.05, 4.69) is 4.98 Å². The molecule has 2 aromatic carbocycles. The van der Waals surface area contributed by atoms with Crippen LogP contribution in [0, 0.1) is 0 Å². The number of fused-ring (bicyclic) bond motifs is 1. The minimum absolute atomic E-state index is 0.103. The molecular weight excluding hydrogens is 268 g/mol. The highest BCUT2D eigenvalue weighted by atomic mass is 16.5. The van der Waals surface area contributed by atoms with Crippen molar-refractivity contribution < 1.29 is 9.84 Å². The zero-order valence-corrected chi connectivity index (χ0v) is 11.5. The van der Waals surface area contributed by atoms with E-state index in [1.54, 1.807) is 28.8 Å². The summed E-state index contributed by atoms with van der Waals surface area (Å²) in [6, 6.07) is 14.3. The van der Waals surface area contributed by atoms with Crippen molar-refractivity contribution in [2.24, 2.45) is 0 Å². The van der Waals surface area contributed by atoms with Gasteiger partial charge in [-0.1, -0.05) is 18.2 Å². The molecule has 3 rings (SSSR count). The highest BCUT2D eigenvalue weighted by Gasteiger charge is 2.05. The first-order chi connectivity index (χ1) is 10.2. The SMILES string of the molecule is O=c1[nH]c2ccccc2n1CCCOc1cccc(O)c1. The van der Waals surface area contributed by atoms with E-state index < -0.39 is 0 Å². The lowest BCUT2D eigenvalue weighted by Gasteiger charge is -2.07. The number of benzene rings is 2. The molecule has 0 saturated carbocycles. The first kappa shape index (κ1) is 13.3. The quantitative estimate of drug-likeness (QED) is 0.707. The lowest BCUT2D eigenvalue weighted by Crippen LogP contribution is -2.18. The van der Waals surface area contributed by atoms with Crippen LogP contribution in [0.1, 0.15) is 6.42 Å². The number of para-hydroxylation sites is 2. The molecule has 3 aromatic rings. The summed E-state index contributed by atoms with van der Waals surface area (Å²) in [6.07, 6.45) is 0.706. The van der Waals surface area contributed by atoms with E-state index in [4.69, 9.17) is 4.74 Å². The maximum Gasteiger partial charge on any atom is 0.326 e. The molecule has 0 bridgehead atoms. The van der Waals surface area contributed by atoms with E-state index in [1.807, 2.05) is 24.3 Å². The van der Waals surface area contributed by atoms with Crippen molar-refractivity contribution in [1.82, 2.24) is 9.55 Å². The summed E-state index contributed by atoms with van der Waals surface area (Å²) in [6.45, 7) is 1.07. The average Bonchev–Trinajstić information content (AvgIpc) is 2.79. The molecule has 21 heavy (non-hydrogen) atoms. The van der Waals surface area contributed by atoms with Crippen LogP contribution in [0.4, 0.5) is 0 Å². The Morgan fingerprint density at radius 1 is 1.14 bits per heavy atom. The number of aryl methyl sites for hydroxylation is 1. The van der Waals surface area contributed by atoms with Gasteiger partial charge in [0.1, 0.15) is 11.5 Å². The largest absolute Gasteiger partial charge is 0.508 e. The van der Waals surface area contributed by atoms with Gasteiger partial charge >= 0.3 is 5.69 Å². The number of hydrogen-bond donors (Lipinski definition) is 2. The Hall–Kier alpha value is -2.69. The standard InChI is InChI=1S/C16H16N2O3/c19-12-5-3-6-13(11-12)21-10-4-9-18-15-8-2-1-7-14(15)17-16(18)20/h1-3,5-8,11,19H,4,9-10H2,(H,17,20). The van der Waals surface area contributed by atoms with Crippen molar-refractivity contribution in [3.63, 3.8) is 0 Å². The number of aromatic amines is 1. The van der Waals surface area contributed by atoms with E-state index in [1.165, 1.54) is 0 Å². The first-order valence-electron chi connectivity index (χ1n) is 6.83. The van der Waals surface area contributed by atoms with Gasteiger partial charge in [0, 0.05) is 12.6 Å². The van der Waals surface area contributed by atoms with Gasteiger partial charge in [-0.2, -0.15) is 0 Å². The summed E-state index contributed by atoms with van der Waals surface area (Å²) in [5.41, 5.74) is 1.64. The molecule has 0 amide bonds. The molecule has 0 unspecified atom stereocenters. The maximum atomic E-state index is 11.9. The number of phenolic OH excluding ortho intramolecular Hbond substituents is 1. The molecule has 0 radical (unpaired) electrons. The molecule has 0 aliphatic heterocycles. The smallest absolute Gasteiger partial charge is 0.326 e. The van der Waals surface area contributed by atoms with Crippen molar-refractivity contribution in [3.05, 3.63) is 59.0 Å². The third-order valence-corrected chi connectivity index (χ3v) is 3.29. The molecular formula is C16H16N2O3. The summed E-state index contributed by atoms with van der Waals surface area (Å²) in [5.74, 6) is 0.807. The minimum Gasteiger partial charge on any atom is -0.508 e. The number of nitrogens with one attached hydrogen (secondary N) is 1. The predicted octanol–water partition coefficient (Wildman–Crippen LogP) is 2.50. The van der Waals surface area contributed by atoms with Gasteiger partial charge in [0.25, 0.3) is 0 Å². The molecule has 5 nitrogen and oxygen atoms in total. The summed E-state index contributed by atoms with van der Waals surface area (Å²) >= 11 is 0. The van der Waals surface area contributed by atoms with Crippen LogP contribution in [0.5, 0.6) is 11.5 Å². The summed E-state index contributed by atoms with van der Waals surface area (Å²) in [5, 5.41) is 9.35. The molecule has 1 aromatic heterocycles. The Kier molecular flexibility index (Phi) is 3.64. The number of nitrogens with zero attached hydrogens (tertiary/aromatic N) is 1. The molecule has 2 N–H and O–H groups in total. The second-order valence-electron chi connectivity index (χ2n) is 4.80. The zero-order valence-electron chi connectivity index (χ0n) is 11.5. The molecule has 0 saturated heterocycles. The Bertz CT molecular complexity index is 804. The van der Waals surface area contributed by atoms with E-state index in [0.717, 1.165) is 11.0 Å². The second-order valence-corrected chi connectivity index (χ2v) is 4.80. The van der Waals surface area contributed by atoms with Crippen LogP contribution in [0.25, 0.3) is 11.0 Å². The van der Waals surface area contributed by atoms with Gasteiger partial charge in [-0.3, -0.25) is 4.57 Å². The monoisotopic (exact) mass is 284 g/mol. The van der Waals surface area contributed by atoms with Crippen molar-refractivity contribution in [3.8, 4) is 11.5 Å². The van der Waals surface area contributed by atoms with Crippen LogP contribution in [0.3, 0.4) is 0 Å². The van der Waals surface area contributed by atoms with Crippen LogP contribution >= 0.6 is 0 Å². The van der Waals surface area contributed by atoms with Crippen LogP contribution in [-0.2, 0) is 6.54 Å². The Morgan fingerprint density at radius 3 is 2.86 bits per heavy atom. The topological polar surface area (TPSA) is 67.2 Å². The van der Waals surface area contributed by atoms with Crippen LogP contribution in [-0.4, -0.2) is 21.3 Å². The number of H-pyrrole nitrogens is 1. The summed E-state index contributed by atoms with van der Waals surface area (Å²) < 4.78 is 7.26. The highest BCUT2D eigenvalue weighted by Crippen LogP contribution is 2.17. The fourth-order valence-corrected chi connectivity index (χ4v) is 2.31. The zero-order chi connectivity index (χ0) is 14.7. The number of ether oxygens (including phenoxy) is 1. The lowest BCUT2D eigenvalue weighted by atomic mass is 10.3. The lowest BCUT2D eigenvalue weighted by molar-refractivity contribution is 0.300. The fraction of sp³-hybridized carbons (Fsp3) is 0.188. The molecule has 1 heterocycles. The van der Waals surface area contributed by atoms with Gasteiger partial charge in [0.05, 0.1) is 17.6 Å². The number of phenols is 1. The molecule has 108 valence electrons. The highest BCUT2D eigenvalue weighted by molar-refractivity contribution is 5.74. The van der Waals surface area contributed by atoms with E-state index in [9.17, 15) is 9.90 Å². The summed E-state index contributed by atoms with van der Waals surface area (Å²) in [7, 11) is 0. The molecule has 0 aliphatic rings. The second kappa shape index (κ2) is 5.75. The Labute approximate surface area is 121 Å². The molecule has 0 atom stereocenters. The van der Waals surface area contributed by atoms with Crippen LogP contribution < -0.4 is 10.4 Å². The number of aromatic nitrogens is 2. The third kappa shape index (κ3) is 2.91. The number of aromatic hydroxyl groups is 1. The molecule has 0 fully saturated rings. The van der Waals surface area contributed by atoms with E-state index in [-0.39, 0.29) is 11.4 Å². The Morgan fingerprint density at radius 2 is 2.00 bits per heavy atom. The van der Waals surface area contributed by atoms with Crippen LogP contribution in [0.2, 0.25) is 0 Å². The fourth-order valence-electron chi connectivity index (χ4n) is 2.31. The number of imidazole rings is 1. The van der Waals surface area contributed by atoms with Crippen molar-refractivity contribution >= 4 is 11.0 Å². The van der Waals surface area contributed by atoms with Gasteiger partial charge in [-0.25, -0.2) is 4.79 Å². The summed E-state index contributed by atoms with van der Waals surface area (Å²) in [4.78, 5) is 14.7. The van der Waals surface area contributed by atoms with Crippen molar-refractivity contribution in [2.75, 3.05) is 6.61 Å². The first-order valence-corrected chi connectivity index (χ1v) is 6.83. The van der Waals surface area contributed by atoms with E-state index >= 15 is 0 Å². The van der Waals surface area contributed by atoms with Gasteiger partial charge < -0.3 is 14.8 Å².